The molecule has 0 radical (unpaired) electrons. The molecule has 5 aliphatic rings. The number of carbonyl (C=O) groups excluding carboxylic acids is 2. The molecule has 142 valence electrons. The molecule has 3 heteroatoms. The quantitative estimate of drug-likeness (QED) is 0.690. The number of allylic oxidation sites excluding steroid dienone is 1. The van der Waals surface area contributed by atoms with Gasteiger partial charge < -0.3 is 0 Å². The van der Waals surface area contributed by atoms with Gasteiger partial charge in [0.15, 0.2) is 5.78 Å². The summed E-state index contributed by atoms with van der Waals surface area (Å²) in [5.41, 5.74) is 2.34. The first-order valence-corrected chi connectivity index (χ1v) is 11.3. The SMILES string of the molecule is CC12CCC(=O)C=C1CCC1C2C2(CC2)CC2(C)C(C(=O)CS)CCC12. The Labute approximate surface area is 163 Å². The Morgan fingerprint density at radius 2 is 1.92 bits per heavy atom. The van der Waals surface area contributed by atoms with Crippen LogP contribution >= 0.6 is 12.6 Å². The Morgan fingerprint density at radius 1 is 1.15 bits per heavy atom. The minimum atomic E-state index is 0.194. The number of thiol groups is 1. The molecule has 0 heterocycles. The average molecular weight is 373 g/mol. The van der Waals surface area contributed by atoms with Crippen LogP contribution in [0.4, 0.5) is 0 Å². The van der Waals surface area contributed by atoms with Crippen molar-refractivity contribution in [3.8, 4) is 0 Å². The lowest BCUT2D eigenvalue weighted by atomic mass is 9.42. The van der Waals surface area contributed by atoms with Gasteiger partial charge in [-0.15, -0.1) is 0 Å². The highest BCUT2D eigenvalue weighted by molar-refractivity contribution is 7.81. The fourth-order valence-corrected chi connectivity index (χ4v) is 8.81. The second kappa shape index (κ2) is 5.49. The van der Waals surface area contributed by atoms with E-state index in [1.54, 1.807) is 0 Å². The van der Waals surface area contributed by atoms with Crippen molar-refractivity contribution in [1.29, 1.82) is 0 Å². The maximum Gasteiger partial charge on any atom is 0.155 e. The minimum Gasteiger partial charge on any atom is -0.298 e. The maximum absolute atomic E-state index is 12.7. The van der Waals surface area contributed by atoms with E-state index in [1.165, 1.54) is 37.7 Å². The molecule has 5 aliphatic carbocycles. The van der Waals surface area contributed by atoms with E-state index in [0.717, 1.165) is 37.5 Å². The molecule has 0 aromatic rings. The van der Waals surface area contributed by atoms with Crippen molar-refractivity contribution in [3.63, 3.8) is 0 Å². The molecule has 26 heavy (non-hydrogen) atoms. The lowest BCUT2D eigenvalue weighted by Crippen LogP contribution is -2.56. The highest BCUT2D eigenvalue weighted by atomic mass is 32.1. The minimum absolute atomic E-state index is 0.194. The third-order valence-electron chi connectivity index (χ3n) is 9.58. The molecule has 6 atom stereocenters. The van der Waals surface area contributed by atoms with Crippen LogP contribution in [-0.4, -0.2) is 17.3 Å². The number of ketones is 2. The second-order valence-corrected chi connectivity index (χ2v) is 11.0. The molecule has 0 aliphatic heterocycles. The first kappa shape index (κ1) is 17.5. The molecule has 0 N–H and O–H groups in total. The van der Waals surface area contributed by atoms with Crippen molar-refractivity contribution < 1.29 is 9.59 Å². The number of Topliss-reactive ketones (excluding diaryl/α,β-unsaturated/α-hetero) is 1. The largest absolute Gasteiger partial charge is 0.298 e. The predicted octanol–water partition coefficient (Wildman–Crippen LogP) is 5.02. The van der Waals surface area contributed by atoms with Gasteiger partial charge in [-0.1, -0.05) is 19.4 Å². The summed E-state index contributed by atoms with van der Waals surface area (Å²) in [5.74, 6) is 3.57. The van der Waals surface area contributed by atoms with Crippen LogP contribution in [0, 0.1) is 39.9 Å². The van der Waals surface area contributed by atoms with Crippen molar-refractivity contribution in [2.24, 2.45) is 39.9 Å². The van der Waals surface area contributed by atoms with E-state index < -0.39 is 0 Å². The van der Waals surface area contributed by atoms with Crippen LogP contribution in [0.5, 0.6) is 0 Å². The van der Waals surface area contributed by atoms with Crippen molar-refractivity contribution in [3.05, 3.63) is 11.6 Å². The maximum atomic E-state index is 12.7. The molecule has 5 rings (SSSR count). The molecule has 4 fully saturated rings. The van der Waals surface area contributed by atoms with Gasteiger partial charge in [-0.2, -0.15) is 12.6 Å². The monoisotopic (exact) mass is 372 g/mol. The first-order chi connectivity index (χ1) is 12.3. The molecule has 4 saturated carbocycles. The molecule has 0 aromatic carbocycles. The van der Waals surface area contributed by atoms with Gasteiger partial charge in [0.1, 0.15) is 5.78 Å². The number of rotatable bonds is 2. The molecule has 0 amide bonds. The molecule has 1 spiro atoms. The molecule has 0 aromatic heterocycles. The van der Waals surface area contributed by atoms with E-state index in [0.29, 0.717) is 28.7 Å². The Balaban J connectivity index is 1.56. The third kappa shape index (κ3) is 2.13. The van der Waals surface area contributed by atoms with Crippen LogP contribution in [0.25, 0.3) is 0 Å². The summed E-state index contributed by atoms with van der Waals surface area (Å²) in [6, 6.07) is 0. The van der Waals surface area contributed by atoms with E-state index >= 15 is 0 Å². The normalized spacial score (nSPS) is 48.4. The zero-order valence-corrected chi connectivity index (χ0v) is 17.1. The van der Waals surface area contributed by atoms with Crippen LogP contribution in [-0.2, 0) is 9.59 Å². The lowest BCUT2D eigenvalue weighted by molar-refractivity contribution is -0.135. The average Bonchev–Trinajstić information content (AvgIpc) is 3.26. The summed E-state index contributed by atoms with van der Waals surface area (Å²) < 4.78 is 0. The van der Waals surface area contributed by atoms with Crippen molar-refractivity contribution >= 4 is 24.2 Å². The summed E-state index contributed by atoms with van der Waals surface area (Å²) in [5, 5.41) is 0. The molecule has 2 nitrogen and oxygen atoms in total. The first-order valence-electron chi connectivity index (χ1n) is 10.7. The van der Waals surface area contributed by atoms with E-state index in [9.17, 15) is 9.59 Å². The van der Waals surface area contributed by atoms with Gasteiger partial charge in [0.05, 0.1) is 0 Å². The topological polar surface area (TPSA) is 34.1 Å². The van der Waals surface area contributed by atoms with Gasteiger partial charge >= 0.3 is 0 Å². The summed E-state index contributed by atoms with van der Waals surface area (Å²) in [4.78, 5) is 24.7. The van der Waals surface area contributed by atoms with Crippen LogP contribution < -0.4 is 0 Å². The van der Waals surface area contributed by atoms with Gasteiger partial charge in [0, 0.05) is 18.1 Å². The standard InChI is InChI=1S/C23H32O2S/c1-21-8-7-15(24)11-14(21)3-4-16-17-5-6-18(19(25)12-26)22(17,2)13-23(9-10-23)20(16)21/h11,16-18,20,26H,3-10,12-13H2,1-2H3. The van der Waals surface area contributed by atoms with Gasteiger partial charge in [0.25, 0.3) is 0 Å². The third-order valence-corrected chi connectivity index (χ3v) is 9.89. The number of fused-ring (bicyclic) bond motifs is 6. The molecular formula is C23H32O2S. The smallest absolute Gasteiger partial charge is 0.155 e. The predicted molar refractivity (Wildman–Crippen MR) is 106 cm³/mol. The summed E-state index contributed by atoms with van der Waals surface area (Å²) >= 11 is 4.33. The van der Waals surface area contributed by atoms with Crippen molar-refractivity contribution in [1.82, 2.24) is 0 Å². The van der Waals surface area contributed by atoms with E-state index in [2.05, 4.69) is 26.5 Å². The van der Waals surface area contributed by atoms with Gasteiger partial charge in [-0.25, -0.2) is 0 Å². The van der Waals surface area contributed by atoms with Crippen molar-refractivity contribution in [2.45, 2.75) is 71.6 Å². The summed E-state index contributed by atoms with van der Waals surface area (Å²) in [6.07, 6.45) is 12.4. The summed E-state index contributed by atoms with van der Waals surface area (Å²) in [6.45, 7) is 4.93. The zero-order chi connectivity index (χ0) is 18.3. The van der Waals surface area contributed by atoms with Crippen LogP contribution in [0.15, 0.2) is 11.6 Å². The zero-order valence-electron chi connectivity index (χ0n) is 16.2. The Bertz CT molecular complexity index is 705. The Hall–Kier alpha value is -0.570. The second-order valence-electron chi connectivity index (χ2n) is 10.6. The van der Waals surface area contributed by atoms with E-state index in [-0.39, 0.29) is 16.7 Å². The lowest BCUT2D eigenvalue weighted by Gasteiger charge is -2.61. The molecule has 0 saturated heterocycles. The van der Waals surface area contributed by atoms with E-state index in [4.69, 9.17) is 0 Å². The number of carbonyl (C=O) groups is 2. The van der Waals surface area contributed by atoms with Gasteiger partial charge in [-0.3, -0.25) is 9.59 Å². The van der Waals surface area contributed by atoms with Gasteiger partial charge in [-0.05, 0) is 91.4 Å². The summed E-state index contributed by atoms with van der Waals surface area (Å²) in [7, 11) is 0. The fraction of sp³-hybridized carbons (Fsp3) is 0.826. The number of hydrogen-bond donors (Lipinski definition) is 1. The van der Waals surface area contributed by atoms with Crippen LogP contribution in [0.2, 0.25) is 0 Å². The highest BCUT2D eigenvalue weighted by Gasteiger charge is 2.70. The van der Waals surface area contributed by atoms with E-state index in [1.807, 2.05) is 6.08 Å². The number of hydrogen-bond acceptors (Lipinski definition) is 3. The highest BCUT2D eigenvalue weighted by Crippen LogP contribution is 2.77. The van der Waals surface area contributed by atoms with Crippen molar-refractivity contribution in [2.75, 3.05) is 5.75 Å². The van der Waals surface area contributed by atoms with Crippen LogP contribution in [0.3, 0.4) is 0 Å². The van der Waals surface area contributed by atoms with Gasteiger partial charge in [0.2, 0.25) is 0 Å². The van der Waals surface area contributed by atoms with Crippen LogP contribution in [0.1, 0.15) is 71.6 Å². The Kier molecular flexibility index (Phi) is 3.70. The Morgan fingerprint density at radius 3 is 2.62 bits per heavy atom. The molecular weight excluding hydrogens is 340 g/mol. The molecule has 6 unspecified atom stereocenters. The fourth-order valence-electron chi connectivity index (χ4n) is 8.59. The molecule has 0 bridgehead atoms.